The van der Waals surface area contributed by atoms with Crippen LogP contribution in [0, 0.1) is 0 Å². The molecule has 0 heterocycles. The Bertz CT molecular complexity index is 224. The van der Waals surface area contributed by atoms with Crippen LogP contribution >= 0.6 is 20.1 Å². The molecule has 1 rings (SSSR count). The molecule has 0 bridgehead atoms. The van der Waals surface area contributed by atoms with Crippen molar-refractivity contribution in [1.82, 2.24) is 0 Å². The predicted octanol–water partition coefficient (Wildman–Crippen LogP) is 2.26. The molecule has 0 radical (unpaired) electrons. The van der Waals surface area contributed by atoms with Gasteiger partial charge in [0.2, 0.25) is 0 Å². The molecule has 0 unspecified atom stereocenters. The quantitative estimate of drug-likeness (QED) is 0.573. The monoisotopic (exact) mass is 158 g/mol. The van der Waals surface area contributed by atoms with Crippen LogP contribution in [0.3, 0.4) is 0 Å². The predicted molar refractivity (Wildman–Crippen MR) is 38.7 cm³/mol. The topological polar surface area (TPSA) is 17.1 Å². The molecule has 0 N–H and O–H groups in total. The Morgan fingerprint density at radius 1 is 1.33 bits per heavy atom. The Balaban J connectivity index is 3.15. The fraction of sp³-hybridized carbons (Fsp3) is 0. The van der Waals surface area contributed by atoms with Gasteiger partial charge in [0.15, 0.2) is 8.46 Å². The second-order valence-electron chi connectivity index (χ2n) is 1.54. The third kappa shape index (κ3) is 1.51. The van der Waals surface area contributed by atoms with E-state index in [1.807, 2.05) is 0 Å². The first-order valence-corrected chi connectivity index (χ1v) is 3.61. The van der Waals surface area contributed by atoms with E-state index in [1.54, 1.807) is 24.3 Å². The minimum Gasteiger partial charge on any atom is -0.269 e. The van der Waals surface area contributed by atoms with Gasteiger partial charge >= 0.3 is 0 Å². The number of hydrogen-bond acceptors (Lipinski definition) is 1. The van der Waals surface area contributed by atoms with E-state index in [0.29, 0.717) is 10.3 Å². The van der Waals surface area contributed by atoms with Crippen LogP contribution in [-0.2, 0) is 4.57 Å². The maximum absolute atomic E-state index is 10.2. The molecular formula is C6H4ClOP. The highest BCUT2D eigenvalue weighted by atomic mass is 35.5. The summed E-state index contributed by atoms with van der Waals surface area (Å²) in [5.41, 5.74) is 0. The van der Waals surface area contributed by atoms with E-state index in [1.165, 1.54) is 0 Å². The zero-order valence-corrected chi connectivity index (χ0v) is 6.19. The molecule has 1 aromatic carbocycles. The van der Waals surface area contributed by atoms with Gasteiger partial charge in [0.25, 0.3) is 0 Å². The summed E-state index contributed by atoms with van der Waals surface area (Å²) in [5.74, 6) is 0. The van der Waals surface area contributed by atoms with Crippen LogP contribution in [0.15, 0.2) is 24.3 Å². The third-order valence-corrected chi connectivity index (χ3v) is 2.00. The van der Waals surface area contributed by atoms with Crippen molar-refractivity contribution >= 4 is 25.4 Å². The summed E-state index contributed by atoms with van der Waals surface area (Å²) in [7, 11) is -0.0198. The Morgan fingerprint density at radius 3 is 2.44 bits per heavy atom. The Kier molecular flexibility index (Phi) is 2.21. The van der Waals surface area contributed by atoms with Gasteiger partial charge in [-0.05, 0) is 12.1 Å². The van der Waals surface area contributed by atoms with Crippen LogP contribution in [0.4, 0.5) is 0 Å². The van der Waals surface area contributed by atoms with E-state index >= 15 is 0 Å². The summed E-state index contributed by atoms with van der Waals surface area (Å²) >= 11 is 5.62. The van der Waals surface area contributed by atoms with Gasteiger partial charge in [-0.25, -0.2) is 0 Å². The molecule has 0 saturated heterocycles. The van der Waals surface area contributed by atoms with Gasteiger partial charge in [0.1, 0.15) is 0 Å². The van der Waals surface area contributed by atoms with E-state index in [9.17, 15) is 4.57 Å². The second-order valence-corrected chi connectivity index (χ2v) is 2.61. The van der Waals surface area contributed by atoms with Gasteiger partial charge in [-0.1, -0.05) is 23.7 Å². The zero-order valence-electron chi connectivity index (χ0n) is 4.54. The number of benzene rings is 1. The van der Waals surface area contributed by atoms with Crippen molar-refractivity contribution in [3.63, 3.8) is 0 Å². The summed E-state index contributed by atoms with van der Waals surface area (Å²) in [6.45, 7) is 0. The molecule has 1 nitrogen and oxygen atoms in total. The maximum Gasteiger partial charge on any atom is 0.193 e. The molecule has 0 aliphatic heterocycles. The van der Waals surface area contributed by atoms with Gasteiger partial charge in [-0.2, -0.15) is 0 Å². The van der Waals surface area contributed by atoms with Crippen LogP contribution < -0.4 is 5.30 Å². The van der Waals surface area contributed by atoms with Gasteiger partial charge < -0.3 is 0 Å². The lowest BCUT2D eigenvalue weighted by molar-refractivity contribution is 0.603. The minimum atomic E-state index is -0.0198. The molecule has 0 atom stereocenters. The smallest absolute Gasteiger partial charge is 0.193 e. The molecule has 0 amide bonds. The Labute approximate surface area is 59.9 Å². The van der Waals surface area contributed by atoms with Gasteiger partial charge in [0.05, 0.1) is 10.3 Å². The minimum absolute atomic E-state index is 0.0198. The summed E-state index contributed by atoms with van der Waals surface area (Å²) in [4.78, 5) is 0. The van der Waals surface area contributed by atoms with Gasteiger partial charge in [-0.3, -0.25) is 4.57 Å². The molecule has 0 aliphatic carbocycles. The van der Waals surface area contributed by atoms with Crippen molar-refractivity contribution in [3.05, 3.63) is 29.3 Å². The first-order valence-electron chi connectivity index (χ1n) is 2.42. The van der Waals surface area contributed by atoms with E-state index in [-0.39, 0.29) is 8.46 Å². The average Bonchev–Trinajstić information content (AvgIpc) is 1.89. The fourth-order valence-electron chi connectivity index (χ4n) is 0.526. The standard InChI is InChI=1S/C6H4ClOP/c7-5-3-1-2-4-6(5)9-8/h1-4H. The van der Waals surface area contributed by atoms with Crippen molar-refractivity contribution in [3.8, 4) is 0 Å². The third-order valence-electron chi connectivity index (χ3n) is 0.951. The number of halogens is 1. The molecule has 0 fully saturated rings. The fourth-order valence-corrected chi connectivity index (χ4v) is 1.07. The van der Waals surface area contributed by atoms with E-state index in [2.05, 4.69) is 0 Å². The lowest BCUT2D eigenvalue weighted by Gasteiger charge is -1.88. The van der Waals surface area contributed by atoms with Gasteiger partial charge in [0, 0.05) is 0 Å². The number of hydrogen-bond donors (Lipinski definition) is 0. The summed E-state index contributed by atoms with van der Waals surface area (Å²) in [5, 5.41) is 1.19. The normalized spacial score (nSPS) is 9.89. The van der Waals surface area contributed by atoms with Gasteiger partial charge in [-0.15, -0.1) is 0 Å². The molecule has 46 valence electrons. The highest BCUT2D eigenvalue weighted by Crippen LogP contribution is 2.08. The van der Waals surface area contributed by atoms with E-state index in [4.69, 9.17) is 11.6 Å². The van der Waals surface area contributed by atoms with Crippen LogP contribution in [0.25, 0.3) is 0 Å². The summed E-state index contributed by atoms with van der Waals surface area (Å²) in [6.07, 6.45) is 0. The highest BCUT2D eigenvalue weighted by Gasteiger charge is 1.94. The molecular weight excluding hydrogens is 154 g/mol. The zero-order chi connectivity index (χ0) is 6.69. The van der Waals surface area contributed by atoms with Crippen LogP contribution in [0.5, 0.6) is 0 Å². The molecule has 0 saturated carbocycles. The van der Waals surface area contributed by atoms with Crippen molar-refractivity contribution < 1.29 is 4.57 Å². The Hall–Kier alpha value is -0.390. The molecule has 3 heteroatoms. The first-order chi connectivity index (χ1) is 4.34. The highest BCUT2D eigenvalue weighted by molar-refractivity contribution is 7.34. The number of rotatable bonds is 1. The maximum atomic E-state index is 10.2. The summed E-state index contributed by atoms with van der Waals surface area (Å²) in [6, 6.07) is 7.03. The van der Waals surface area contributed by atoms with Crippen LogP contribution in [0.2, 0.25) is 5.02 Å². The lowest BCUT2D eigenvalue weighted by Crippen LogP contribution is -1.89. The SMILES string of the molecule is O=Pc1ccccc1Cl. The van der Waals surface area contributed by atoms with Crippen molar-refractivity contribution in [2.45, 2.75) is 0 Å². The molecule has 0 aromatic heterocycles. The first kappa shape index (κ1) is 6.73. The van der Waals surface area contributed by atoms with Crippen molar-refractivity contribution in [1.29, 1.82) is 0 Å². The Morgan fingerprint density at radius 2 is 2.00 bits per heavy atom. The molecule has 0 aliphatic rings. The van der Waals surface area contributed by atoms with Crippen molar-refractivity contribution in [2.24, 2.45) is 0 Å². The van der Waals surface area contributed by atoms with Crippen molar-refractivity contribution in [2.75, 3.05) is 0 Å². The average molecular weight is 159 g/mol. The molecule has 1 aromatic rings. The van der Waals surface area contributed by atoms with Crippen LogP contribution in [-0.4, -0.2) is 0 Å². The second kappa shape index (κ2) is 2.95. The lowest BCUT2D eigenvalue weighted by atomic mass is 10.4. The molecule has 9 heavy (non-hydrogen) atoms. The molecule has 0 spiro atoms. The van der Waals surface area contributed by atoms with Crippen LogP contribution in [0.1, 0.15) is 0 Å². The largest absolute Gasteiger partial charge is 0.269 e. The summed E-state index contributed by atoms with van der Waals surface area (Å²) < 4.78 is 10.2. The van der Waals surface area contributed by atoms with E-state index in [0.717, 1.165) is 0 Å². The van der Waals surface area contributed by atoms with E-state index < -0.39 is 0 Å².